The largest absolute Gasteiger partial charge is 0.390 e. The van der Waals surface area contributed by atoms with Gasteiger partial charge in [-0.1, -0.05) is 57.9 Å². The number of nitrogens with one attached hydrogen (secondary N) is 1. The number of benzene rings is 1. The fourth-order valence-electron chi connectivity index (χ4n) is 3.30. The van der Waals surface area contributed by atoms with Gasteiger partial charge < -0.3 is 11.1 Å². The Labute approximate surface area is 148 Å². The summed E-state index contributed by atoms with van der Waals surface area (Å²) in [5.41, 5.74) is 10.1. The van der Waals surface area contributed by atoms with E-state index in [0.29, 0.717) is 16.6 Å². The van der Waals surface area contributed by atoms with E-state index in [9.17, 15) is 4.79 Å². The van der Waals surface area contributed by atoms with Crippen LogP contribution in [0.15, 0.2) is 29.6 Å². The quantitative estimate of drug-likeness (QED) is 0.827. The minimum atomic E-state index is -0.0319. The van der Waals surface area contributed by atoms with Gasteiger partial charge in [0.25, 0.3) is 5.91 Å². The van der Waals surface area contributed by atoms with Crippen molar-refractivity contribution in [2.75, 3.05) is 5.73 Å². The standard InChI is InChI=1S/C20H26N2OS/c1-20(2,3)14-10-8-13(9-11-14)16-12-24-18(21)17(16)19(23)22-15-6-4-5-7-15/h8-12,15H,4-7,21H2,1-3H3,(H,22,23). The van der Waals surface area contributed by atoms with E-state index in [2.05, 4.69) is 50.4 Å². The summed E-state index contributed by atoms with van der Waals surface area (Å²) >= 11 is 1.44. The minimum absolute atomic E-state index is 0.0319. The van der Waals surface area contributed by atoms with Gasteiger partial charge in [-0.2, -0.15) is 0 Å². The molecule has 1 aromatic carbocycles. The summed E-state index contributed by atoms with van der Waals surface area (Å²) in [4.78, 5) is 12.7. The Morgan fingerprint density at radius 3 is 2.38 bits per heavy atom. The molecule has 3 rings (SSSR count). The molecule has 128 valence electrons. The molecule has 0 unspecified atom stereocenters. The third-order valence-corrected chi connectivity index (χ3v) is 5.61. The summed E-state index contributed by atoms with van der Waals surface area (Å²) in [5.74, 6) is -0.0319. The second-order valence-electron chi connectivity index (χ2n) is 7.67. The Hall–Kier alpha value is -1.81. The summed E-state index contributed by atoms with van der Waals surface area (Å²) in [5, 5.41) is 5.74. The summed E-state index contributed by atoms with van der Waals surface area (Å²) in [6, 6.07) is 8.76. The number of thiophene rings is 1. The average molecular weight is 343 g/mol. The molecule has 1 aromatic heterocycles. The molecule has 24 heavy (non-hydrogen) atoms. The molecule has 1 aliphatic carbocycles. The zero-order valence-electron chi connectivity index (χ0n) is 14.7. The molecular weight excluding hydrogens is 316 g/mol. The van der Waals surface area contributed by atoms with Crippen molar-refractivity contribution in [3.63, 3.8) is 0 Å². The zero-order chi connectivity index (χ0) is 17.3. The third kappa shape index (κ3) is 3.48. The maximum absolute atomic E-state index is 12.7. The molecule has 0 bridgehead atoms. The second-order valence-corrected chi connectivity index (χ2v) is 8.58. The van der Waals surface area contributed by atoms with Crippen molar-refractivity contribution in [1.82, 2.24) is 5.32 Å². The van der Waals surface area contributed by atoms with E-state index in [4.69, 9.17) is 5.73 Å². The summed E-state index contributed by atoms with van der Waals surface area (Å²) in [7, 11) is 0. The molecule has 0 spiro atoms. The van der Waals surface area contributed by atoms with Crippen molar-refractivity contribution in [2.45, 2.75) is 57.9 Å². The fourth-order valence-corrected chi connectivity index (χ4v) is 4.12. The van der Waals surface area contributed by atoms with Crippen LogP contribution in [0.25, 0.3) is 11.1 Å². The monoisotopic (exact) mass is 342 g/mol. The van der Waals surface area contributed by atoms with Crippen LogP contribution in [0.3, 0.4) is 0 Å². The highest BCUT2D eigenvalue weighted by molar-refractivity contribution is 7.15. The Kier molecular flexibility index (Phi) is 4.68. The Balaban J connectivity index is 1.87. The second kappa shape index (κ2) is 6.60. The van der Waals surface area contributed by atoms with Gasteiger partial charge in [-0.25, -0.2) is 0 Å². The average Bonchev–Trinajstić information content (AvgIpc) is 3.16. The normalized spacial score (nSPS) is 15.6. The van der Waals surface area contributed by atoms with Crippen LogP contribution in [0.5, 0.6) is 0 Å². The molecule has 0 saturated heterocycles. The number of carbonyl (C=O) groups is 1. The van der Waals surface area contributed by atoms with Crippen molar-refractivity contribution in [3.05, 3.63) is 40.8 Å². The Bertz CT molecular complexity index is 719. The number of hydrogen-bond acceptors (Lipinski definition) is 3. The zero-order valence-corrected chi connectivity index (χ0v) is 15.5. The summed E-state index contributed by atoms with van der Waals surface area (Å²) < 4.78 is 0. The van der Waals surface area contributed by atoms with Crippen LogP contribution in [0.2, 0.25) is 0 Å². The van der Waals surface area contributed by atoms with E-state index in [1.807, 2.05) is 5.38 Å². The lowest BCUT2D eigenvalue weighted by Crippen LogP contribution is -2.33. The van der Waals surface area contributed by atoms with E-state index in [1.54, 1.807) is 0 Å². The molecule has 1 saturated carbocycles. The lowest BCUT2D eigenvalue weighted by Gasteiger charge is -2.19. The van der Waals surface area contributed by atoms with Crippen molar-refractivity contribution in [1.29, 1.82) is 0 Å². The lowest BCUT2D eigenvalue weighted by molar-refractivity contribution is 0.0940. The smallest absolute Gasteiger partial charge is 0.255 e. The van der Waals surface area contributed by atoms with Gasteiger partial charge in [-0.05, 0) is 29.4 Å². The van der Waals surface area contributed by atoms with Crippen LogP contribution in [0.4, 0.5) is 5.00 Å². The molecule has 4 heteroatoms. The molecule has 0 atom stereocenters. The fraction of sp³-hybridized carbons (Fsp3) is 0.450. The molecule has 3 N–H and O–H groups in total. The molecule has 2 aromatic rings. The van der Waals surface area contributed by atoms with Crippen LogP contribution in [-0.4, -0.2) is 11.9 Å². The highest BCUT2D eigenvalue weighted by Gasteiger charge is 2.23. The first kappa shape index (κ1) is 17.0. The van der Waals surface area contributed by atoms with Crippen LogP contribution < -0.4 is 11.1 Å². The topological polar surface area (TPSA) is 55.1 Å². The molecule has 1 aliphatic rings. The van der Waals surface area contributed by atoms with Crippen LogP contribution in [-0.2, 0) is 5.41 Å². The van der Waals surface area contributed by atoms with E-state index in [0.717, 1.165) is 24.0 Å². The Morgan fingerprint density at radius 1 is 1.17 bits per heavy atom. The predicted molar refractivity (Wildman–Crippen MR) is 103 cm³/mol. The SMILES string of the molecule is CC(C)(C)c1ccc(-c2csc(N)c2C(=O)NC2CCCC2)cc1. The number of nitrogens with two attached hydrogens (primary N) is 1. The molecule has 1 amide bonds. The first-order chi connectivity index (χ1) is 11.4. The van der Waals surface area contributed by atoms with E-state index in [-0.39, 0.29) is 11.3 Å². The van der Waals surface area contributed by atoms with E-state index in [1.165, 1.54) is 29.7 Å². The van der Waals surface area contributed by atoms with Gasteiger partial charge in [-0.3, -0.25) is 4.79 Å². The van der Waals surface area contributed by atoms with Crippen LogP contribution >= 0.6 is 11.3 Å². The van der Waals surface area contributed by atoms with Gasteiger partial charge in [0.1, 0.15) is 0 Å². The third-order valence-electron chi connectivity index (χ3n) is 4.80. The number of hydrogen-bond donors (Lipinski definition) is 2. The lowest BCUT2D eigenvalue weighted by atomic mass is 9.86. The van der Waals surface area contributed by atoms with Gasteiger partial charge in [0.05, 0.1) is 10.6 Å². The van der Waals surface area contributed by atoms with Crippen molar-refractivity contribution in [3.8, 4) is 11.1 Å². The van der Waals surface area contributed by atoms with E-state index < -0.39 is 0 Å². The van der Waals surface area contributed by atoms with Gasteiger partial charge >= 0.3 is 0 Å². The van der Waals surface area contributed by atoms with Gasteiger partial charge in [-0.15, -0.1) is 11.3 Å². The van der Waals surface area contributed by atoms with Crippen molar-refractivity contribution in [2.24, 2.45) is 0 Å². The minimum Gasteiger partial charge on any atom is -0.390 e. The Morgan fingerprint density at radius 2 is 1.79 bits per heavy atom. The predicted octanol–water partition coefficient (Wildman–Crippen LogP) is 4.97. The summed E-state index contributed by atoms with van der Waals surface area (Å²) in [6.07, 6.45) is 4.55. The number of rotatable bonds is 3. The van der Waals surface area contributed by atoms with Crippen molar-refractivity contribution < 1.29 is 4.79 Å². The molecule has 3 nitrogen and oxygen atoms in total. The molecule has 1 fully saturated rings. The molecule has 1 heterocycles. The first-order valence-electron chi connectivity index (χ1n) is 8.65. The number of carbonyl (C=O) groups excluding carboxylic acids is 1. The van der Waals surface area contributed by atoms with Gasteiger partial charge in [0.15, 0.2) is 0 Å². The van der Waals surface area contributed by atoms with Gasteiger partial charge in [0, 0.05) is 17.0 Å². The van der Waals surface area contributed by atoms with Crippen LogP contribution in [0.1, 0.15) is 62.4 Å². The van der Waals surface area contributed by atoms with E-state index >= 15 is 0 Å². The first-order valence-corrected chi connectivity index (χ1v) is 9.53. The maximum Gasteiger partial charge on any atom is 0.255 e. The van der Waals surface area contributed by atoms with Gasteiger partial charge in [0.2, 0.25) is 0 Å². The highest BCUT2D eigenvalue weighted by atomic mass is 32.1. The molecular formula is C20H26N2OS. The number of amides is 1. The van der Waals surface area contributed by atoms with Crippen LogP contribution in [0, 0.1) is 0 Å². The molecule has 0 aliphatic heterocycles. The number of nitrogen functional groups attached to an aromatic ring is 1. The number of anilines is 1. The molecule has 0 radical (unpaired) electrons. The maximum atomic E-state index is 12.7. The summed E-state index contributed by atoms with van der Waals surface area (Å²) in [6.45, 7) is 6.60. The highest BCUT2D eigenvalue weighted by Crippen LogP contribution is 2.35. The van der Waals surface area contributed by atoms with Crippen molar-refractivity contribution >= 4 is 22.2 Å².